The highest BCUT2D eigenvalue weighted by Gasteiger charge is 2.25. The number of hydrogen-bond acceptors (Lipinski definition) is 3. The van der Waals surface area contributed by atoms with Crippen molar-refractivity contribution in [3.05, 3.63) is 59.7 Å². The molecule has 5 heteroatoms. The molecular formula is C21H27N3O2+2. The lowest BCUT2D eigenvalue weighted by molar-refractivity contribution is -1.00. The number of quaternary nitrogens is 2. The molecule has 3 N–H and O–H groups in total. The quantitative estimate of drug-likeness (QED) is 0.527. The lowest BCUT2D eigenvalue weighted by Crippen LogP contribution is -3.27. The number of aliphatic hydroxyl groups excluding tert-OH is 1. The smallest absolute Gasteiger partial charge is 0.148 e. The van der Waals surface area contributed by atoms with E-state index in [1.807, 2.05) is 24.3 Å². The van der Waals surface area contributed by atoms with Gasteiger partial charge in [0, 0.05) is 11.1 Å². The Kier molecular flexibility index (Phi) is 5.02. The second-order valence-electron chi connectivity index (χ2n) is 7.39. The van der Waals surface area contributed by atoms with Crippen molar-refractivity contribution in [3.63, 3.8) is 0 Å². The molecule has 0 aromatic heterocycles. The predicted octanol–water partition coefficient (Wildman–Crippen LogP) is -0.790. The van der Waals surface area contributed by atoms with E-state index in [-0.39, 0.29) is 6.61 Å². The Morgan fingerprint density at radius 2 is 1.46 bits per heavy atom. The predicted molar refractivity (Wildman–Crippen MR) is 102 cm³/mol. The number of benzene rings is 2. The number of oxime groups is 1. The zero-order chi connectivity index (χ0) is 17.9. The van der Waals surface area contributed by atoms with Crippen LogP contribution in [0.15, 0.2) is 53.7 Å². The first kappa shape index (κ1) is 17.2. The van der Waals surface area contributed by atoms with Gasteiger partial charge < -0.3 is 19.7 Å². The van der Waals surface area contributed by atoms with Gasteiger partial charge in [0.05, 0.1) is 7.05 Å². The summed E-state index contributed by atoms with van der Waals surface area (Å²) in [4.78, 5) is 8.60. The van der Waals surface area contributed by atoms with Crippen LogP contribution in [0.1, 0.15) is 11.1 Å². The SMILES string of the molecule is C[NH+]1CC[NH+](C[C@H](O)CON=C2c3ccccc3-c3ccccc32)CC1. The Morgan fingerprint density at radius 1 is 0.923 bits per heavy atom. The normalized spacial score (nSPS) is 22.5. The lowest BCUT2D eigenvalue weighted by atomic mass is 10.1. The Morgan fingerprint density at radius 3 is 2.04 bits per heavy atom. The third-order valence-electron chi connectivity index (χ3n) is 5.41. The van der Waals surface area contributed by atoms with Crippen LogP contribution in [-0.2, 0) is 4.84 Å². The van der Waals surface area contributed by atoms with E-state index in [2.05, 4.69) is 36.5 Å². The summed E-state index contributed by atoms with van der Waals surface area (Å²) < 4.78 is 0. The molecule has 0 amide bonds. The maximum Gasteiger partial charge on any atom is 0.148 e. The third-order valence-corrected chi connectivity index (χ3v) is 5.41. The zero-order valence-corrected chi connectivity index (χ0v) is 15.2. The molecule has 0 unspecified atom stereocenters. The average molecular weight is 353 g/mol. The third kappa shape index (κ3) is 3.51. The topological polar surface area (TPSA) is 50.7 Å². The van der Waals surface area contributed by atoms with Crippen LogP contribution < -0.4 is 9.80 Å². The van der Waals surface area contributed by atoms with Crippen LogP contribution in [0, 0.1) is 0 Å². The molecule has 0 radical (unpaired) electrons. The van der Waals surface area contributed by atoms with Gasteiger partial charge in [0.2, 0.25) is 0 Å². The maximum atomic E-state index is 10.3. The zero-order valence-electron chi connectivity index (χ0n) is 15.2. The van der Waals surface area contributed by atoms with Gasteiger partial charge in [0.1, 0.15) is 51.1 Å². The van der Waals surface area contributed by atoms with E-state index in [0.29, 0.717) is 0 Å². The highest BCUT2D eigenvalue weighted by molar-refractivity contribution is 6.24. The molecule has 0 bridgehead atoms. The number of rotatable bonds is 5. The fraction of sp³-hybridized carbons (Fsp3) is 0.381. The molecule has 1 aliphatic heterocycles. The van der Waals surface area contributed by atoms with Crippen molar-refractivity contribution in [2.75, 3.05) is 46.4 Å². The molecule has 1 saturated heterocycles. The van der Waals surface area contributed by atoms with Crippen LogP contribution in [0.5, 0.6) is 0 Å². The van der Waals surface area contributed by atoms with E-state index >= 15 is 0 Å². The Balaban J connectivity index is 1.41. The van der Waals surface area contributed by atoms with E-state index in [4.69, 9.17) is 4.84 Å². The summed E-state index contributed by atoms with van der Waals surface area (Å²) in [6.07, 6.45) is -0.486. The molecule has 0 saturated carbocycles. The van der Waals surface area contributed by atoms with Gasteiger partial charge in [-0.15, -0.1) is 0 Å². The minimum Gasteiger partial charge on any atom is -0.392 e. The van der Waals surface area contributed by atoms with Crippen molar-refractivity contribution >= 4 is 5.71 Å². The summed E-state index contributed by atoms with van der Waals surface area (Å²) in [5.41, 5.74) is 5.43. The average Bonchev–Trinajstić information content (AvgIpc) is 2.98. The van der Waals surface area contributed by atoms with E-state index in [1.54, 1.807) is 4.90 Å². The summed E-state index contributed by atoms with van der Waals surface area (Å²) >= 11 is 0. The molecule has 1 fully saturated rings. The summed E-state index contributed by atoms with van der Waals surface area (Å²) in [5.74, 6) is 0. The highest BCUT2D eigenvalue weighted by Crippen LogP contribution is 2.36. The number of piperazine rings is 1. The van der Waals surface area contributed by atoms with Crippen molar-refractivity contribution < 1.29 is 19.7 Å². The van der Waals surface area contributed by atoms with Crippen LogP contribution >= 0.6 is 0 Å². The lowest BCUT2D eigenvalue weighted by Gasteiger charge is -2.28. The van der Waals surface area contributed by atoms with Gasteiger partial charge in [0.25, 0.3) is 0 Å². The number of nitrogens with zero attached hydrogens (tertiary/aromatic N) is 1. The van der Waals surface area contributed by atoms with Gasteiger partial charge >= 0.3 is 0 Å². The molecule has 1 atom stereocenters. The van der Waals surface area contributed by atoms with Gasteiger partial charge in [-0.3, -0.25) is 0 Å². The number of likely N-dealkylation sites (N-methyl/N-ethyl adjacent to an activating group) is 1. The first-order chi connectivity index (χ1) is 12.7. The van der Waals surface area contributed by atoms with E-state index in [9.17, 15) is 5.11 Å². The molecule has 2 aromatic rings. The van der Waals surface area contributed by atoms with Gasteiger partial charge in [0.15, 0.2) is 0 Å². The first-order valence-corrected chi connectivity index (χ1v) is 9.44. The molecule has 1 aliphatic carbocycles. The van der Waals surface area contributed by atoms with Crippen LogP contribution in [0.25, 0.3) is 11.1 Å². The molecule has 0 spiro atoms. The summed E-state index contributed by atoms with van der Waals surface area (Å²) in [5, 5.41) is 14.7. The van der Waals surface area contributed by atoms with Gasteiger partial charge in [-0.2, -0.15) is 0 Å². The fourth-order valence-corrected chi connectivity index (χ4v) is 3.91. The second kappa shape index (κ2) is 7.58. The van der Waals surface area contributed by atoms with Crippen LogP contribution in [0.4, 0.5) is 0 Å². The van der Waals surface area contributed by atoms with E-state index in [1.165, 1.54) is 29.1 Å². The van der Waals surface area contributed by atoms with Crippen molar-refractivity contribution in [1.29, 1.82) is 0 Å². The molecule has 136 valence electrons. The van der Waals surface area contributed by atoms with Crippen molar-refractivity contribution in [2.45, 2.75) is 6.10 Å². The minimum atomic E-state index is -0.486. The van der Waals surface area contributed by atoms with Crippen molar-refractivity contribution in [2.24, 2.45) is 5.16 Å². The number of nitrogens with one attached hydrogen (secondary N) is 2. The number of aliphatic hydroxyl groups is 1. The molecule has 5 nitrogen and oxygen atoms in total. The Hall–Kier alpha value is -2.21. The first-order valence-electron chi connectivity index (χ1n) is 9.44. The maximum absolute atomic E-state index is 10.3. The molecule has 26 heavy (non-hydrogen) atoms. The van der Waals surface area contributed by atoms with Crippen LogP contribution in [-0.4, -0.2) is 63.3 Å². The molecular weight excluding hydrogens is 326 g/mol. The number of fused-ring (bicyclic) bond motifs is 3. The van der Waals surface area contributed by atoms with Crippen LogP contribution in [0.2, 0.25) is 0 Å². The summed E-state index contributed by atoms with van der Waals surface area (Å²) in [7, 11) is 2.23. The summed E-state index contributed by atoms with van der Waals surface area (Å²) in [6, 6.07) is 16.5. The van der Waals surface area contributed by atoms with Crippen molar-refractivity contribution in [1.82, 2.24) is 0 Å². The van der Waals surface area contributed by atoms with Gasteiger partial charge in [-0.1, -0.05) is 53.7 Å². The fourth-order valence-electron chi connectivity index (χ4n) is 3.91. The van der Waals surface area contributed by atoms with Crippen LogP contribution in [0.3, 0.4) is 0 Å². The molecule has 1 heterocycles. The van der Waals surface area contributed by atoms with Gasteiger partial charge in [-0.05, 0) is 11.1 Å². The molecule has 4 rings (SSSR count). The van der Waals surface area contributed by atoms with Crippen molar-refractivity contribution in [3.8, 4) is 11.1 Å². The Labute approximate surface area is 154 Å². The Bertz CT molecular complexity index is 750. The largest absolute Gasteiger partial charge is 0.392 e. The summed E-state index contributed by atoms with van der Waals surface area (Å²) in [6.45, 7) is 5.51. The van der Waals surface area contributed by atoms with E-state index < -0.39 is 6.10 Å². The number of hydrogen-bond donors (Lipinski definition) is 3. The molecule has 2 aliphatic rings. The standard InChI is InChI=1S/C21H25N3O2/c1-23-10-12-24(13-11-23)14-16(25)15-26-22-21-19-8-4-2-6-17(19)18-7-3-5-9-20(18)21/h2-9,16,25H,10-15H2,1H3/p+2/t16-/m0/s1. The monoisotopic (exact) mass is 353 g/mol. The highest BCUT2D eigenvalue weighted by atomic mass is 16.6. The molecule has 2 aromatic carbocycles. The van der Waals surface area contributed by atoms with Gasteiger partial charge in [-0.25, -0.2) is 0 Å². The minimum absolute atomic E-state index is 0.236. The van der Waals surface area contributed by atoms with E-state index in [0.717, 1.165) is 36.5 Å². The second-order valence-corrected chi connectivity index (χ2v) is 7.39.